The second-order valence-electron chi connectivity index (χ2n) is 5.07. The number of likely N-dealkylation sites (N-methyl/N-ethyl adjacent to an activating group) is 1. The average molecular weight is 254 g/mol. The van der Waals surface area contributed by atoms with Crippen LogP contribution in [0.1, 0.15) is 30.5 Å². The lowest BCUT2D eigenvalue weighted by molar-refractivity contribution is 0.251. The first kappa shape index (κ1) is 13.4. The Morgan fingerprint density at radius 3 is 2.67 bits per heavy atom. The van der Waals surface area contributed by atoms with Crippen molar-refractivity contribution in [2.75, 3.05) is 20.1 Å². The normalized spacial score (nSPS) is 22.4. The molecule has 0 aliphatic carbocycles. The lowest BCUT2D eigenvalue weighted by Crippen LogP contribution is -2.31. The molecule has 1 fully saturated rings. The van der Waals surface area contributed by atoms with Gasteiger partial charge < -0.3 is 5.32 Å². The maximum atomic E-state index is 13.9. The minimum absolute atomic E-state index is 0.0848. The number of halogens is 2. The summed E-state index contributed by atoms with van der Waals surface area (Å²) in [5, 5.41) is 3.23. The monoisotopic (exact) mass is 254 g/mol. The number of hydrogen-bond donors (Lipinski definition) is 1. The average Bonchev–Trinajstić information content (AvgIpc) is 2.81. The highest BCUT2D eigenvalue weighted by atomic mass is 19.1. The van der Waals surface area contributed by atoms with Gasteiger partial charge in [-0.25, -0.2) is 8.78 Å². The number of aryl methyl sites for hydroxylation is 1. The van der Waals surface area contributed by atoms with Crippen molar-refractivity contribution in [3.05, 3.63) is 34.9 Å². The zero-order chi connectivity index (χ0) is 13.3. The number of nitrogens with one attached hydrogen (secondary N) is 1. The van der Waals surface area contributed by atoms with Gasteiger partial charge in [0.1, 0.15) is 11.6 Å². The molecule has 2 nitrogen and oxygen atoms in total. The second-order valence-corrected chi connectivity index (χ2v) is 5.07. The van der Waals surface area contributed by atoms with Gasteiger partial charge in [0.2, 0.25) is 0 Å². The van der Waals surface area contributed by atoms with E-state index in [1.807, 2.05) is 14.0 Å². The molecule has 1 aromatic carbocycles. The van der Waals surface area contributed by atoms with Gasteiger partial charge in [-0.05, 0) is 45.0 Å². The smallest absolute Gasteiger partial charge is 0.128 e. The maximum Gasteiger partial charge on any atom is 0.128 e. The van der Waals surface area contributed by atoms with Crippen molar-refractivity contribution >= 4 is 0 Å². The van der Waals surface area contributed by atoms with Gasteiger partial charge in [0, 0.05) is 30.7 Å². The first-order valence-corrected chi connectivity index (χ1v) is 6.39. The summed E-state index contributed by atoms with van der Waals surface area (Å²) in [7, 11) is 1.94. The molecule has 1 N–H and O–H groups in total. The fraction of sp³-hybridized carbons (Fsp3) is 0.571. The molecule has 0 saturated carbocycles. The van der Waals surface area contributed by atoms with E-state index < -0.39 is 0 Å². The van der Waals surface area contributed by atoms with E-state index in [2.05, 4.69) is 10.2 Å². The number of hydrogen-bond acceptors (Lipinski definition) is 2. The molecule has 1 saturated heterocycles. The third-order valence-electron chi connectivity index (χ3n) is 3.90. The van der Waals surface area contributed by atoms with Crippen LogP contribution in [0.5, 0.6) is 0 Å². The quantitative estimate of drug-likeness (QED) is 0.892. The molecule has 2 unspecified atom stereocenters. The molecule has 1 aromatic rings. The number of nitrogens with zero attached hydrogens (tertiary/aromatic N) is 1. The summed E-state index contributed by atoms with van der Waals surface area (Å²) in [6, 6.07) is 2.98. The number of benzene rings is 1. The van der Waals surface area contributed by atoms with Gasteiger partial charge in [-0.15, -0.1) is 0 Å². The van der Waals surface area contributed by atoms with E-state index >= 15 is 0 Å². The molecule has 1 aliphatic rings. The summed E-state index contributed by atoms with van der Waals surface area (Å²) >= 11 is 0. The van der Waals surface area contributed by atoms with E-state index in [1.54, 1.807) is 6.92 Å². The molecule has 100 valence electrons. The van der Waals surface area contributed by atoms with Crippen molar-refractivity contribution in [1.29, 1.82) is 0 Å². The van der Waals surface area contributed by atoms with Crippen molar-refractivity contribution in [2.45, 2.75) is 32.4 Å². The van der Waals surface area contributed by atoms with Crippen LogP contribution < -0.4 is 5.32 Å². The van der Waals surface area contributed by atoms with Crippen LogP contribution in [-0.2, 0) is 0 Å². The van der Waals surface area contributed by atoms with E-state index in [-0.39, 0.29) is 17.7 Å². The molecule has 2 rings (SSSR count). The van der Waals surface area contributed by atoms with E-state index in [0.717, 1.165) is 19.5 Å². The van der Waals surface area contributed by atoms with Crippen LogP contribution in [0.25, 0.3) is 0 Å². The van der Waals surface area contributed by atoms with Crippen LogP contribution in [0.2, 0.25) is 0 Å². The van der Waals surface area contributed by atoms with Crippen LogP contribution in [0, 0.1) is 18.6 Å². The molecule has 18 heavy (non-hydrogen) atoms. The Labute approximate surface area is 107 Å². The van der Waals surface area contributed by atoms with E-state index in [1.165, 1.54) is 12.1 Å². The van der Waals surface area contributed by atoms with Gasteiger partial charge in [-0.2, -0.15) is 0 Å². The van der Waals surface area contributed by atoms with Gasteiger partial charge in [0.05, 0.1) is 0 Å². The molecule has 0 aromatic heterocycles. The highest BCUT2D eigenvalue weighted by Gasteiger charge is 2.27. The van der Waals surface area contributed by atoms with Gasteiger partial charge >= 0.3 is 0 Å². The van der Waals surface area contributed by atoms with E-state index in [4.69, 9.17) is 0 Å². The van der Waals surface area contributed by atoms with Crippen LogP contribution in [0.15, 0.2) is 12.1 Å². The second kappa shape index (κ2) is 5.33. The summed E-state index contributed by atoms with van der Waals surface area (Å²) in [5.74, 6) is -0.642. The maximum absolute atomic E-state index is 13.9. The molecule has 0 amide bonds. The number of likely N-dealkylation sites (tertiary alicyclic amines) is 1. The van der Waals surface area contributed by atoms with Crippen molar-refractivity contribution in [2.24, 2.45) is 0 Å². The standard InChI is InChI=1S/C14H20F2N2/c1-9-6-14(16)12(7-13(9)15)10(2)18-5-4-11(8-18)17-3/h6-7,10-11,17H,4-5,8H2,1-3H3. The van der Waals surface area contributed by atoms with Crippen molar-refractivity contribution < 1.29 is 8.78 Å². The zero-order valence-electron chi connectivity index (χ0n) is 11.1. The molecule has 0 bridgehead atoms. The first-order valence-electron chi connectivity index (χ1n) is 6.39. The molecule has 4 heteroatoms. The Morgan fingerprint density at radius 2 is 2.06 bits per heavy atom. The molecular formula is C14H20F2N2. The van der Waals surface area contributed by atoms with Gasteiger partial charge in [0.25, 0.3) is 0 Å². The SMILES string of the molecule is CNC1CCN(C(C)c2cc(F)c(C)cc2F)C1. The largest absolute Gasteiger partial charge is 0.316 e. The Kier molecular flexibility index (Phi) is 3.97. The minimum Gasteiger partial charge on any atom is -0.316 e. The van der Waals surface area contributed by atoms with Crippen molar-refractivity contribution in [3.8, 4) is 0 Å². The van der Waals surface area contributed by atoms with Gasteiger partial charge in [-0.1, -0.05) is 0 Å². The Morgan fingerprint density at radius 1 is 1.33 bits per heavy atom. The molecule has 1 aliphatic heterocycles. The molecule has 0 spiro atoms. The van der Waals surface area contributed by atoms with E-state index in [0.29, 0.717) is 17.2 Å². The fourth-order valence-corrected chi connectivity index (χ4v) is 2.55. The third-order valence-corrected chi connectivity index (χ3v) is 3.90. The zero-order valence-corrected chi connectivity index (χ0v) is 11.1. The van der Waals surface area contributed by atoms with Gasteiger partial charge in [-0.3, -0.25) is 4.90 Å². The number of rotatable bonds is 3. The lowest BCUT2D eigenvalue weighted by atomic mass is 10.0. The molecular weight excluding hydrogens is 234 g/mol. The summed E-state index contributed by atoms with van der Waals surface area (Å²) in [6.45, 7) is 5.32. The van der Waals surface area contributed by atoms with E-state index in [9.17, 15) is 8.78 Å². The Balaban J connectivity index is 2.19. The summed E-state index contributed by atoms with van der Waals surface area (Å²) in [4.78, 5) is 2.19. The highest BCUT2D eigenvalue weighted by Crippen LogP contribution is 2.28. The summed E-state index contributed by atoms with van der Waals surface area (Å²) < 4.78 is 27.5. The van der Waals surface area contributed by atoms with Crippen LogP contribution in [0.3, 0.4) is 0 Å². The minimum atomic E-state index is -0.331. The Bertz CT molecular complexity index is 434. The predicted octanol–water partition coefficient (Wildman–Crippen LogP) is 2.63. The highest BCUT2D eigenvalue weighted by molar-refractivity contribution is 5.27. The molecule has 2 atom stereocenters. The fourth-order valence-electron chi connectivity index (χ4n) is 2.55. The third kappa shape index (κ3) is 2.54. The molecule has 0 radical (unpaired) electrons. The van der Waals surface area contributed by atoms with Gasteiger partial charge in [0.15, 0.2) is 0 Å². The van der Waals surface area contributed by atoms with Crippen molar-refractivity contribution in [1.82, 2.24) is 10.2 Å². The summed E-state index contributed by atoms with van der Waals surface area (Å²) in [6.07, 6.45) is 1.05. The molecule has 1 heterocycles. The topological polar surface area (TPSA) is 15.3 Å². The first-order chi connectivity index (χ1) is 8.52. The Hall–Kier alpha value is -1.00. The lowest BCUT2D eigenvalue weighted by Gasteiger charge is -2.25. The van der Waals surface area contributed by atoms with Crippen LogP contribution in [-0.4, -0.2) is 31.1 Å². The van der Waals surface area contributed by atoms with Crippen molar-refractivity contribution in [3.63, 3.8) is 0 Å². The van der Waals surface area contributed by atoms with Crippen LogP contribution >= 0.6 is 0 Å². The predicted molar refractivity (Wildman–Crippen MR) is 68.5 cm³/mol. The van der Waals surface area contributed by atoms with Crippen LogP contribution in [0.4, 0.5) is 8.78 Å². The summed E-state index contributed by atoms with van der Waals surface area (Å²) in [5.41, 5.74) is 0.813.